The van der Waals surface area contributed by atoms with Gasteiger partial charge in [-0.1, -0.05) is 29.3 Å². The van der Waals surface area contributed by atoms with Crippen molar-refractivity contribution in [3.63, 3.8) is 0 Å². The van der Waals surface area contributed by atoms with Crippen LogP contribution in [0.1, 0.15) is 16.1 Å². The molecule has 116 valence electrons. The number of nitrogens with zero attached hydrogens (tertiary/aromatic N) is 1. The van der Waals surface area contributed by atoms with E-state index in [0.29, 0.717) is 23.9 Å². The highest BCUT2D eigenvalue weighted by molar-refractivity contribution is 6.36. The molecule has 0 atom stereocenters. The summed E-state index contributed by atoms with van der Waals surface area (Å²) in [6, 6.07) is 13.2. The summed E-state index contributed by atoms with van der Waals surface area (Å²) in [5.41, 5.74) is 3.41. The summed E-state index contributed by atoms with van der Waals surface area (Å²) in [6.07, 6.45) is 0. The molecule has 4 nitrogen and oxygen atoms in total. The van der Waals surface area contributed by atoms with Gasteiger partial charge in [0, 0.05) is 11.1 Å². The third-order valence-electron chi connectivity index (χ3n) is 4.08. The highest BCUT2D eigenvalue weighted by Gasteiger charge is 2.22. The summed E-state index contributed by atoms with van der Waals surface area (Å²) in [7, 11) is 0. The van der Waals surface area contributed by atoms with Crippen LogP contribution in [0.2, 0.25) is 5.02 Å². The maximum atomic E-state index is 12.7. The lowest BCUT2D eigenvalue weighted by molar-refractivity contribution is 0.101. The van der Waals surface area contributed by atoms with E-state index in [1.807, 2.05) is 47.9 Å². The molecule has 23 heavy (non-hydrogen) atoms. The minimum Gasteiger partial charge on any atom is -0.490 e. The van der Waals surface area contributed by atoms with Crippen molar-refractivity contribution in [1.29, 1.82) is 0 Å². The van der Waals surface area contributed by atoms with Crippen molar-refractivity contribution < 1.29 is 9.53 Å². The summed E-state index contributed by atoms with van der Waals surface area (Å²) in [5, 5.41) is 4.41. The second-order valence-corrected chi connectivity index (χ2v) is 6.06. The Kier molecular flexibility index (Phi) is 3.27. The van der Waals surface area contributed by atoms with Crippen LogP contribution < -0.4 is 10.1 Å². The molecule has 4 rings (SSSR count). The van der Waals surface area contributed by atoms with E-state index in [-0.39, 0.29) is 5.91 Å². The van der Waals surface area contributed by atoms with E-state index in [1.165, 1.54) is 0 Å². The van der Waals surface area contributed by atoms with E-state index in [1.54, 1.807) is 6.07 Å². The molecule has 1 amide bonds. The third kappa shape index (κ3) is 2.35. The normalized spacial score (nSPS) is 13.0. The molecule has 1 N–H and O–H groups in total. The first-order valence-electron chi connectivity index (χ1n) is 7.46. The topological polar surface area (TPSA) is 43.3 Å². The molecule has 0 bridgehead atoms. The highest BCUT2D eigenvalue weighted by atomic mass is 35.5. The van der Waals surface area contributed by atoms with E-state index in [9.17, 15) is 4.79 Å². The number of ether oxygens (including phenoxy) is 1. The van der Waals surface area contributed by atoms with Crippen LogP contribution in [0.4, 0.5) is 5.69 Å². The number of benzene rings is 2. The maximum absolute atomic E-state index is 12.7. The van der Waals surface area contributed by atoms with Crippen molar-refractivity contribution in [2.24, 2.45) is 0 Å². The Labute approximate surface area is 138 Å². The Bertz CT molecular complexity index is 913. The lowest BCUT2D eigenvalue weighted by Gasteiger charge is -2.19. The molecule has 3 aromatic rings. The molecule has 0 unspecified atom stereocenters. The van der Waals surface area contributed by atoms with Crippen molar-refractivity contribution in [3.8, 4) is 5.75 Å². The van der Waals surface area contributed by atoms with Crippen LogP contribution >= 0.6 is 11.6 Å². The number of anilines is 1. The van der Waals surface area contributed by atoms with Gasteiger partial charge in [0.15, 0.2) is 0 Å². The Morgan fingerprint density at radius 3 is 2.78 bits per heavy atom. The van der Waals surface area contributed by atoms with Gasteiger partial charge in [-0.3, -0.25) is 4.79 Å². The standard InChI is InChI=1S/C18H15ClN2O2/c1-11-2-4-12(5-3-11)20-18(22)15-10-13-14(19)6-7-16-17(13)21(15)8-9-23-16/h2-7,10H,8-9H2,1H3,(H,20,22). The van der Waals surface area contributed by atoms with Gasteiger partial charge in [0.05, 0.1) is 17.1 Å². The zero-order valence-corrected chi connectivity index (χ0v) is 13.4. The van der Waals surface area contributed by atoms with Gasteiger partial charge in [-0.15, -0.1) is 0 Å². The van der Waals surface area contributed by atoms with E-state index in [0.717, 1.165) is 27.9 Å². The van der Waals surface area contributed by atoms with E-state index >= 15 is 0 Å². The molecule has 5 heteroatoms. The summed E-state index contributed by atoms with van der Waals surface area (Å²) < 4.78 is 7.64. The van der Waals surface area contributed by atoms with Crippen molar-refractivity contribution >= 4 is 34.1 Å². The number of aryl methyl sites for hydroxylation is 1. The summed E-state index contributed by atoms with van der Waals surface area (Å²) in [6.45, 7) is 3.19. The van der Waals surface area contributed by atoms with Gasteiger partial charge >= 0.3 is 0 Å². The fourth-order valence-corrected chi connectivity index (χ4v) is 3.14. The van der Waals surface area contributed by atoms with Crippen molar-refractivity contribution in [3.05, 3.63) is 58.7 Å². The first-order valence-corrected chi connectivity index (χ1v) is 7.84. The monoisotopic (exact) mass is 326 g/mol. The van der Waals surface area contributed by atoms with Crippen LogP contribution in [-0.4, -0.2) is 17.1 Å². The van der Waals surface area contributed by atoms with E-state index in [2.05, 4.69) is 5.32 Å². The molecule has 1 aliphatic rings. The predicted molar refractivity (Wildman–Crippen MR) is 91.6 cm³/mol. The minimum atomic E-state index is -0.144. The zero-order valence-electron chi connectivity index (χ0n) is 12.6. The third-order valence-corrected chi connectivity index (χ3v) is 4.41. The molecule has 0 fully saturated rings. The van der Waals surface area contributed by atoms with Crippen LogP contribution in [-0.2, 0) is 6.54 Å². The number of halogens is 1. The average Bonchev–Trinajstić information content (AvgIpc) is 2.95. The second kappa shape index (κ2) is 5.32. The number of hydrogen-bond acceptors (Lipinski definition) is 2. The summed E-state index contributed by atoms with van der Waals surface area (Å²) >= 11 is 6.28. The first-order chi connectivity index (χ1) is 11.1. The van der Waals surface area contributed by atoms with Crippen molar-refractivity contribution in [1.82, 2.24) is 4.57 Å². The molecule has 1 aromatic heterocycles. The number of carbonyl (C=O) groups is 1. The molecular formula is C18H15ClN2O2. The highest BCUT2D eigenvalue weighted by Crippen LogP contribution is 2.36. The number of nitrogens with one attached hydrogen (secondary N) is 1. The zero-order chi connectivity index (χ0) is 16.0. The van der Waals surface area contributed by atoms with Gasteiger partial charge in [0.1, 0.15) is 18.1 Å². The Morgan fingerprint density at radius 1 is 1.22 bits per heavy atom. The fraction of sp³-hybridized carbons (Fsp3) is 0.167. The van der Waals surface area contributed by atoms with Gasteiger partial charge in [-0.25, -0.2) is 0 Å². The number of aromatic nitrogens is 1. The first kappa shape index (κ1) is 14.2. The molecule has 0 aliphatic carbocycles. The minimum absolute atomic E-state index is 0.144. The van der Waals surface area contributed by atoms with E-state index in [4.69, 9.17) is 16.3 Å². The van der Waals surface area contributed by atoms with Gasteiger partial charge in [0.25, 0.3) is 5.91 Å². The van der Waals surface area contributed by atoms with Crippen LogP contribution in [0.25, 0.3) is 10.9 Å². The van der Waals surface area contributed by atoms with E-state index < -0.39 is 0 Å². The van der Waals surface area contributed by atoms with Gasteiger partial charge in [-0.2, -0.15) is 0 Å². The smallest absolute Gasteiger partial charge is 0.272 e. The molecule has 1 aliphatic heterocycles. The number of amides is 1. The maximum Gasteiger partial charge on any atom is 0.272 e. The Hall–Kier alpha value is -2.46. The average molecular weight is 327 g/mol. The molecule has 2 aromatic carbocycles. The molecule has 0 spiro atoms. The van der Waals surface area contributed by atoms with Crippen molar-refractivity contribution in [2.75, 3.05) is 11.9 Å². The quantitative estimate of drug-likeness (QED) is 0.765. The number of hydrogen-bond donors (Lipinski definition) is 1. The largest absolute Gasteiger partial charge is 0.490 e. The fourth-order valence-electron chi connectivity index (χ4n) is 2.93. The van der Waals surface area contributed by atoms with Gasteiger partial charge < -0.3 is 14.6 Å². The SMILES string of the molecule is Cc1ccc(NC(=O)c2cc3c(Cl)ccc4c3n2CCO4)cc1. The molecule has 0 saturated heterocycles. The lowest BCUT2D eigenvalue weighted by Crippen LogP contribution is -2.21. The second-order valence-electron chi connectivity index (χ2n) is 5.66. The summed E-state index contributed by atoms with van der Waals surface area (Å²) in [4.78, 5) is 12.7. The molecule has 0 saturated carbocycles. The Morgan fingerprint density at radius 2 is 2.00 bits per heavy atom. The molecular weight excluding hydrogens is 312 g/mol. The lowest BCUT2D eigenvalue weighted by atomic mass is 10.2. The van der Waals surface area contributed by atoms with Crippen LogP contribution in [0, 0.1) is 6.92 Å². The number of carbonyl (C=O) groups excluding carboxylic acids is 1. The van der Waals surface area contributed by atoms with Crippen LogP contribution in [0.3, 0.4) is 0 Å². The van der Waals surface area contributed by atoms with Gasteiger partial charge in [0.2, 0.25) is 0 Å². The van der Waals surface area contributed by atoms with Crippen LogP contribution in [0.5, 0.6) is 5.75 Å². The van der Waals surface area contributed by atoms with Crippen LogP contribution in [0.15, 0.2) is 42.5 Å². The van der Waals surface area contributed by atoms with Crippen molar-refractivity contribution in [2.45, 2.75) is 13.5 Å². The van der Waals surface area contributed by atoms with Gasteiger partial charge in [-0.05, 0) is 37.3 Å². The predicted octanol–water partition coefficient (Wildman–Crippen LogP) is 4.25. The number of rotatable bonds is 2. The Balaban J connectivity index is 1.77. The molecule has 2 heterocycles. The summed E-state index contributed by atoms with van der Waals surface area (Å²) in [5.74, 6) is 0.624. The molecule has 0 radical (unpaired) electrons.